The normalized spacial score (nSPS) is 10.3. The van der Waals surface area contributed by atoms with Gasteiger partial charge >= 0.3 is 0 Å². The summed E-state index contributed by atoms with van der Waals surface area (Å²) >= 11 is 7.00. The van der Waals surface area contributed by atoms with Crippen LogP contribution in [0.3, 0.4) is 0 Å². The van der Waals surface area contributed by atoms with Crippen molar-refractivity contribution in [3.05, 3.63) is 45.1 Å². The van der Waals surface area contributed by atoms with Crippen LogP contribution in [0.2, 0.25) is 5.02 Å². The molecular formula is C11H8ClFN2OS. The number of carbonyl (C=O) groups is 1. The molecule has 0 radical (unpaired) electrons. The molecule has 0 aliphatic heterocycles. The lowest BCUT2D eigenvalue weighted by Crippen LogP contribution is -2.13. The zero-order valence-corrected chi connectivity index (χ0v) is 10.4. The third-order valence-corrected chi connectivity index (χ3v) is 3.18. The van der Waals surface area contributed by atoms with Crippen LogP contribution in [0.1, 0.15) is 15.4 Å². The summed E-state index contributed by atoms with van der Waals surface area (Å²) in [5.41, 5.74) is 2.41. The van der Waals surface area contributed by atoms with Crippen LogP contribution in [0.4, 0.5) is 10.1 Å². The average molecular weight is 271 g/mol. The molecule has 1 heterocycles. The number of aryl methyl sites for hydroxylation is 1. The van der Waals surface area contributed by atoms with Crippen molar-refractivity contribution in [3.63, 3.8) is 0 Å². The van der Waals surface area contributed by atoms with Crippen molar-refractivity contribution in [2.24, 2.45) is 0 Å². The molecule has 0 aliphatic rings. The minimum absolute atomic E-state index is 0.0298. The maximum Gasteiger partial charge on any atom is 0.275 e. The van der Waals surface area contributed by atoms with Gasteiger partial charge < -0.3 is 5.32 Å². The molecule has 2 aromatic rings. The number of nitrogens with zero attached hydrogens (tertiary/aromatic N) is 1. The lowest BCUT2D eigenvalue weighted by Gasteiger charge is -2.04. The Bertz CT molecular complexity index is 570. The van der Waals surface area contributed by atoms with Crippen LogP contribution in [-0.4, -0.2) is 10.9 Å². The summed E-state index contributed by atoms with van der Waals surface area (Å²) in [4.78, 5) is 16.6. The molecule has 0 aliphatic carbocycles. The molecule has 0 unspecified atom stereocenters. The van der Waals surface area contributed by atoms with Gasteiger partial charge in [0.1, 0.15) is 11.5 Å². The first-order valence-electron chi connectivity index (χ1n) is 4.74. The average Bonchev–Trinajstić information content (AvgIpc) is 2.70. The quantitative estimate of drug-likeness (QED) is 0.907. The molecular weight excluding hydrogens is 263 g/mol. The van der Waals surface area contributed by atoms with Gasteiger partial charge in [0, 0.05) is 10.6 Å². The Morgan fingerprint density at radius 2 is 2.29 bits per heavy atom. The molecule has 1 N–H and O–H groups in total. The molecule has 0 atom stereocenters. The number of aromatic nitrogens is 1. The fraction of sp³-hybridized carbons (Fsp3) is 0.0909. The number of benzene rings is 1. The number of amides is 1. The second-order valence-electron chi connectivity index (χ2n) is 3.34. The summed E-state index contributed by atoms with van der Waals surface area (Å²) < 4.78 is 12.9. The largest absolute Gasteiger partial charge is 0.321 e. The van der Waals surface area contributed by atoms with E-state index in [-0.39, 0.29) is 10.9 Å². The zero-order chi connectivity index (χ0) is 12.4. The topological polar surface area (TPSA) is 42.0 Å². The standard InChI is InChI=1S/C11H8ClFN2OS/c1-6-10(14-5-17-6)11(16)15-7-2-3-9(13)8(12)4-7/h2-5H,1H3,(H,15,16). The van der Waals surface area contributed by atoms with Gasteiger partial charge in [-0.25, -0.2) is 9.37 Å². The Kier molecular flexibility index (Phi) is 3.40. The number of carbonyl (C=O) groups excluding carboxylic acids is 1. The van der Waals surface area contributed by atoms with Gasteiger partial charge in [0.05, 0.1) is 10.5 Å². The van der Waals surface area contributed by atoms with E-state index >= 15 is 0 Å². The van der Waals surface area contributed by atoms with E-state index in [4.69, 9.17) is 11.6 Å². The molecule has 0 fully saturated rings. The van der Waals surface area contributed by atoms with Crippen LogP contribution in [-0.2, 0) is 0 Å². The Morgan fingerprint density at radius 3 is 2.88 bits per heavy atom. The summed E-state index contributed by atoms with van der Waals surface area (Å²) in [6.45, 7) is 1.81. The van der Waals surface area contributed by atoms with Gasteiger partial charge in [0.15, 0.2) is 0 Å². The second kappa shape index (κ2) is 4.81. The first kappa shape index (κ1) is 12.0. The van der Waals surface area contributed by atoms with Crippen LogP contribution in [0.5, 0.6) is 0 Å². The van der Waals surface area contributed by atoms with E-state index in [0.29, 0.717) is 11.4 Å². The molecule has 0 bridgehead atoms. The highest BCUT2D eigenvalue weighted by molar-refractivity contribution is 7.09. The minimum Gasteiger partial charge on any atom is -0.321 e. The van der Waals surface area contributed by atoms with Crippen molar-refractivity contribution < 1.29 is 9.18 Å². The lowest BCUT2D eigenvalue weighted by molar-refractivity contribution is 0.102. The van der Waals surface area contributed by atoms with Gasteiger partial charge in [-0.1, -0.05) is 11.6 Å². The second-order valence-corrected chi connectivity index (χ2v) is 4.81. The Balaban J connectivity index is 2.19. The van der Waals surface area contributed by atoms with Crippen molar-refractivity contribution in [2.45, 2.75) is 6.92 Å². The monoisotopic (exact) mass is 270 g/mol. The van der Waals surface area contributed by atoms with Gasteiger partial charge in [-0.05, 0) is 25.1 Å². The first-order valence-corrected chi connectivity index (χ1v) is 6.00. The highest BCUT2D eigenvalue weighted by atomic mass is 35.5. The number of thiazole rings is 1. The van der Waals surface area contributed by atoms with E-state index < -0.39 is 5.82 Å². The van der Waals surface area contributed by atoms with Crippen LogP contribution >= 0.6 is 22.9 Å². The molecule has 1 amide bonds. The number of rotatable bonds is 2. The molecule has 1 aromatic heterocycles. The number of hydrogen-bond acceptors (Lipinski definition) is 3. The molecule has 17 heavy (non-hydrogen) atoms. The SMILES string of the molecule is Cc1scnc1C(=O)Nc1ccc(F)c(Cl)c1. The van der Waals surface area contributed by atoms with Gasteiger partial charge in [-0.3, -0.25) is 4.79 Å². The fourth-order valence-corrected chi connectivity index (χ4v) is 2.04. The third kappa shape index (κ3) is 2.62. The molecule has 0 saturated carbocycles. The number of anilines is 1. The van der Waals surface area contributed by atoms with Gasteiger partial charge in [-0.15, -0.1) is 11.3 Å². The molecule has 2 rings (SSSR count). The smallest absolute Gasteiger partial charge is 0.275 e. The summed E-state index contributed by atoms with van der Waals surface area (Å²) in [7, 11) is 0. The minimum atomic E-state index is -0.519. The van der Waals surface area contributed by atoms with E-state index in [1.807, 2.05) is 6.92 Å². The summed E-state index contributed by atoms with van der Waals surface area (Å²) in [5, 5.41) is 2.58. The Labute approximate surface area is 106 Å². The van der Waals surface area contributed by atoms with E-state index in [0.717, 1.165) is 4.88 Å². The number of hydrogen-bond donors (Lipinski definition) is 1. The Hall–Kier alpha value is -1.46. The highest BCUT2D eigenvalue weighted by Gasteiger charge is 2.12. The van der Waals surface area contributed by atoms with Crippen LogP contribution < -0.4 is 5.32 Å². The first-order chi connectivity index (χ1) is 8.08. The van der Waals surface area contributed by atoms with E-state index in [1.165, 1.54) is 29.5 Å². The molecule has 1 aromatic carbocycles. The van der Waals surface area contributed by atoms with Crippen molar-refractivity contribution in [1.29, 1.82) is 0 Å². The zero-order valence-electron chi connectivity index (χ0n) is 8.83. The van der Waals surface area contributed by atoms with Crippen molar-refractivity contribution in [3.8, 4) is 0 Å². The maximum absolute atomic E-state index is 12.9. The molecule has 0 spiro atoms. The van der Waals surface area contributed by atoms with E-state index in [1.54, 1.807) is 5.51 Å². The lowest BCUT2D eigenvalue weighted by atomic mass is 10.3. The Morgan fingerprint density at radius 1 is 1.53 bits per heavy atom. The molecule has 6 heteroatoms. The van der Waals surface area contributed by atoms with Crippen molar-refractivity contribution >= 4 is 34.5 Å². The van der Waals surface area contributed by atoms with E-state index in [2.05, 4.69) is 10.3 Å². The summed E-state index contributed by atoms with van der Waals surface area (Å²) in [5.74, 6) is -0.846. The number of nitrogens with one attached hydrogen (secondary N) is 1. The van der Waals surface area contributed by atoms with E-state index in [9.17, 15) is 9.18 Å². The van der Waals surface area contributed by atoms with Crippen LogP contribution in [0.25, 0.3) is 0 Å². The van der Waals surface area contributed by atoms with Crippen LogP contribution in [0, 0.1) is 12.7 Å². The van der Waals surface area contributed by atoms with Gasteiger partial charge in [-0.2, -0.15) is 0 Å². The predicted molar refractivity (Wildman–Crippen MR) is 66.2 cm³/mol. The highest BCUT2D eigenvalue weighted by Crippen LogP contribution is 2.20. The van der Waals surface area contributed by atoms with Crippen molar-refractivity contribution in [2.75, 3.05) is 5.32 Å². The summed E-state index contributed by atoms with van der Waals surface area (Å²) in [6.07, 6.45) is 0. The maximum atomic E-state index is 12.9. The van der Waals surface area contributed by atoms with Gasteiger partial charge in [0.25, 0.3) is 5.91 Å². The van der Waals surface area contributed by atoms with Gasteiger partial charge in [0.2, 0.25) is 0 Å². The summed E-state index contributed by atoms with van der Waals surface area (Å²) in [6, 6.07) is 4.00. The molecule has 0 saturated heterocycles. The van der Waals surface area contributed by atoms with Crippen molar-refractivity contribution in [1.82, 2.24) is 4.98 Å². The fourth-order valence-electron chi connectivity index (χ4n) is 1.29. The molecule has 88 valence electrons. The van der Waals surface area contributed by atoms with Crippen LogP contribution in [0.15, 0.2) is 23.7 Å². The third-order valence-electron chi connectivity index (χ3n) is 2.14. The number of halogens is 2. The predicted octanol–water partition coefficient (Wildman–Crippen LogP) is 3.50. The molecule has 3 nitrogen and oxygen atoms in total.